The summed E-state index contributed by atoms with van der Waals surface area (Å²) < 4.78 is 32.6. The fraction of sp³-hybridized carbons (Fsp3) is 0.435. The highest BCUT2D eigenvalue weighted by molar-refractivity contribution is 5.75. The summed E-state index contributed by atoms with van der Waals surface area (Å²) in [7, 11) is 7.58. The second kappa shape index (κ2) is 9.24. The van der Waals surface area contributed by atoms with Gasteiger partial charge in [0.05, 0.1) is 48.1 Å². The lowest BCUT2D eigenvalue weighted by Gasteiger charge is -2.27. The molecule has 0 aromatic heterocycles. The number of carbonyl (C=O) groups excluding carboxylic acids is 1. The minimum Gasteiger partial charge on any atom is -0.502 e. The minimum absolute atomic E-state index is 0.0933. The summed E-state index contributed by atoms with van der Waals surface area (Å²) in [5.74, 6) is 0.844. The van der Waals surface area contributed by atoms with Crippen molar-refractivity contribution in [3.63, 3.8) is 0 Å². The van der Waals surface area contributed by atoms with Crippen LogP contribution in [0.5, 0.6) is 34.5 Å². The number of phenolic OH excluding ortho intramolecular Hbond substituents is 1. The topological polar surface area (TPSA) is 92.7 Å². The molecule has 0 bridgehead atoms. The van der Waals surface area contributed by atoms with E-state index in [0.29, 0.717) is 17.2 Å². The molecule has 1 aliphatic rings. The zero-order chi connectivity index (χ0) is 22.7. The van der Waals surface area contributed by atoms with Crippen molar-refractivity contribution in [2.45, 2.75) is 12.8 Å². The second-order valence-corrected chi connectivity index (χ2v) is 7.29. The highest BCUT2D eigenvalue weighted by atomic mass is 16.5. The van der Waals surface area contributed by atoms with E-state index in [0.717, 1.165) is 11.1 Å². The summed E-state index contributed by atoms with van der Waals surface area (Å²) in [5, 5.41) is 10.4. The Balaban J connectivity index is 2.26. The second-order valence-electron chi connectivity index (χ2n) is 7.29. The molecule has 8 nitrogen and oxygen atoms in total. The predicted molar refractivity (Wildman–Crippen MR) is 113 cm³/mol. The van der Waals surface area contributed by atoms with Gasteiger partial charge in [0.1, 0.15) is 0 Å². The molecule has 0 unspecified atom stereocenters. The molecular formula is C23H28O8. The summed E-state index contributed by atoms with van der Waals surface area (Å²) in [5.41, 5.74) is 1.62. The van der Waals surface area contributed by atoms with Gasteiger partial charge in [-0.25, -0.2) is 0 Å². The highest BCUT2D eigenvalue weighted by Crippen LogP contribution is 2.48. The molecule has 0 radical (unpaired) electrons. The lowest BCUT2D eigenvalue weighted by atomic mass is 9.76. The third kappa shape index (κ3) is 4.02. The number of carbonyl (C=O) groups is 1. The predicted octanol–water partition coefficient (Wildman–Crippen LogP) is 3.38. The van der Waals surface area contributed by atoms with Crippen molar-refractivity contribution in [1.29, 1.82) is 0 Å². The first kappa shape index (κ1) is 22.4. The van der Waals surface area contributed by atoms with E-state index in [1.54, 1.807) is 33.5 Å². The molecule has 2 aromatic carbocycles. The van der Waals surface area contributed by atoms with Gasteiger partial charge in [-0.05, 0) is 35.4 Å². The van der Waals surface area contributed by atoms with Gasteiger partial charge < -0.3 is 33.5 Å². The molecule has 8 heteroatoms. The molecule has 0 saturated carbocycles. The van der Waals surface area contributed by atoms with Crippen LogP contribution < -0.4 is 23.7 Å². The maximum Gasteiger partial charge on any atom is 0.309 e. The summed E-state index contributed by atoms with van der Waals surface area (Å²) in [6, 6.07) is 7.18. The number of aromatic hydroxyl groups is 1. The van der Waals surface area contributed by atoms with Crippen LogP contribution >= 0.6 is 0 Å². The van der Waals surface area contributed by atoms with Gasteiger partial charge in [-0.1, -0.05) is 6.92 Å². The lowest BCUT2D eigenvalue weighted by molar-refractivity contribution is -0.140. The molecule has 168 valence electrons. The summed E-state index contributed by atoms with van der Waals surface area (Å²) in [6.45, 7) is 2.10. The molecule has 31 heavy (non-hydrogen) atoms. The number of methoxy groups -OCH3 is 5. The minimum atomic E-state index is -0.338. The maximum atomic E-state index is 12.2. The first-order valence-electron chi connectivity index (χ1n) is 9.81. The summed E-state index contributed by atoms with van der Waals surface area (Å²) in [6.07, 6.45) is 0. The monoisotopic (exact) mass is 432 g/mol. The van der Waals surface area contributed by atoms with Gasteiger partial charge in [0.2, 0.25) is 11.5 Å². The maximum absolute atomic E-state index is 12.2. The third-order valence-corrected chi connectivity index (χ3v) is 5.77. The van der Waals surface area contributed by atoms with E-state index in [2.05, 4.69) is 0 Å². The Labute approximate surface area is 181 Å². The molecule has 1 saturated heterocycles. The van der Waals surface area contributed by atoms with Gasteiger partial charge in [-0.3, -0.25) is 4.79 Å². The molecule has 1 heterocycles. The van der Waals surface area contributed by atoms with Crippen LogP contribution in [0.15, 0.2) is 24.3 Å². The van der Waals surface area contributed by atoms with E-state index in [1.807, 2.05) is 19.1 Å². The van der Waals surface area contributed by atoms with Crippen molar-refractivity contribution in [2.75, 3.05) is 42.2 Å². The Morgan fingerprint density at radius 3 is 1.65 bits per heavy atom. The summed E-state index contributed by atoms with van der Waals surface area (Å²) in [4.78, 5) is 12.2. The molecule has 1 aliphatic heterocycles. The zero-order valence-corrected chi connectivity index (χ0v) is 18.6. The molecule has 2 aromatic rings. The fourth-order valence-electron chi connectivity index (χ4n) is 4.07. The molecule has 0 aliphatic carbocycles. The number of rotatable bonds is 8. The van der Waals surface area contributed by atoms with E-state index < -0.39 is 0 Å². The van der Waals surface area contributed by atoms with E-state index in [1.165, 1.54) is 14.2 Å². The van der Waals surface area contributed by atoms with E-state index >= 15 is 0 Å². The van der Waals surface area contributed by atoms with Gasteiger partial charge >= 0.3 is 5.97 Å². The average molecular weight is 432 g/mol. The van der Waals surface area contributed by atoms with Crippen LogP contribution in [-0.2, 0) is 9.53 Å². The fourth-order valence-corrected chi connectivity index (χ4v) is 4.07. The number of benzene rings is 2. The lowest BCUT2D eigenvalue weighted by Crippen LogP contribution is -2.22. The quantitative estimate of drug-likeness (QED) is 0.635. The molecule has 0 amide bonds. The van der Waals surface area contributed by atoms with Crippen molar-refractivity contribution < 1.29 is 38.3 Å². The SMILES string of the molecule is COc1cc([C@@H](c2cc(OC)c(OC)c(OC)c2)[C@H]2COC(=O)[C@@H]2C)cc(OC)c1O. The molecule has 0 spiro atoms. The first-order valence-corrected chi connectivity index (χ1v) is 9.81. The molecule has 1 N–H and O–H groups in total. The van der Waals surface area contributed by atoms with E-state index in [-0.39, 0.29) is 47.6 Å². The molecule has 3 atom stereocenters. The van der Waals surface area contributed by atoms with Gasteiger partial charge in [-0.2, -0.15) is 0 Å². The van der Waals surface area contributed by atoms with Gasteiger partial charge in [0, 0.05) is 11.8 Å². The van der Waals surface area contributed by atoms with E-state index in [9.17, 15) is 9.90 Å². The number of ether oxygens (including phenoxy) is 6. The van der Waals surface area contributed by atoms with Crippen LogP contribution in [0.25, 0.3) is 0 Å². The molecular weight excluding hydrogens is 404 g/mol. The normalized spacial score (nSPS) is 18.8. The van der Waals surface area contributed by atoms with Gasteiger partial charge in [0.25, 0.3) is 0 Å². The average Bonchev–Trinajstić information content (AvgIpc) is 3.11. The van der Waals surface area contributed by atoms with Crippen molar-refractivity contribution in [3.8, 4) is 34.5 Å². The van der Waals surface area contributed by atoms with Crippen LogP contribution in [0.3, 0.4) is 0 Å². The standard InChI is InChI=1S/C23H28O8/c1-12-15(11-31-23(12)25)20(13-7-16(26-2)21(24)17(8-13)27-3)14-9-18(28-4)22(30-6)19(10-14)29-5/h7-10,12,15,20,24H,11H2,1-6H3/t12-,15+,20+/m1/s1. The largest absolute Gasteiger partial charge is 0.502 e. The zero-order valence-electron chi connectivity index (χ0n) is 18.6. The van der Waals surface area contributed by atoms with Crippen molar-refractivity contribution in [1.82, 2.24) is 0 Å². The van der Waals surface area contributed by atoms with Crippen LogP contribution in [0.2, 0.25) is 0 Å². The highest BCUT2D eigenvalue weighted by Gasteiger charge is 2.41. The molecule has 1 fully saturated rings. The van der Waals surface area contributed by atoms with Gasteiger partial charge in [-0.15, -0.1) is 0 Å². The Kier molecular flexibility index (Phi) is 6.68. The Bertz CT molecular complexity index is 905. The van der Waals surface area contributed by atoms with Crippen LogP contribution in [0.4, 0.5) is 0 Å². The van der Waals surface area contributed by atoms with Crippen LogP contribution in [0.1, 0.15) is 24.0 Å². The number of phenols is 1. The number of hydrogen-bond acceptors (Lipinski definition) is 8. The van der Waals surface area contributed by atoms with E-state index in [4.69, 9.17) is 28.4 Å². The Hall–Kier alpha value is -3.29. The van der Waals surface area contributed by atoms with Crippen molar-refractivity contribution in [2.24, 2.45) is 11.8 Å². The van der Waals surface area contributed by atoms with Crippen molar-refractivity contribution >= 4 is 5.97 Å². The van der Waals surface area contributed by atoms with Crippen LogP contribution in [0, 0.1) is 11.8 Å². The van der Waals surface area contributed by atoms with Gasteiger partial charge in [0.15, 0.2) is 23.0 Å². The number of hydrogen-bond donors (Lipinski definition) is 1. The Morgan fingerprint density at radius 2 is 1.29 bits per heavy atom. The third-order valence-electron chi connectivity index (χ3n) is 5.77. The smallest absolute Gasteiger partial charge is 0.309 e. The van der Waals surface area contributed by atoms with Crippen LogP contribution in [-0.4, -0.2) is 53.2 Å². The number of cyclic esters (lactones) is 1. The molecule has 3 rings (SSSR count). The first-order chi connectivity index (χ1) is 14.9. The number of esters is 1. The summed E-state index contributed by atoms with van der Waals surface area (Å²) >= 11 is 0. The Morgan fingerprint density at radius 1 is 0.839 bits per heavy atom. The van der Waals surface area contributed by atoms with Crippen molar-refractivity contribution in [3.05, 3.63) is 35.4 Å².